The number of nitrogens with one attached hydrogen (secondary N) is 1. The molecule has 0 spiro atoms. The molecule has 0 aliphatic rings. The molecule has 0 saturated carbocycles. The van der Waals surface area contributed by atoms with Gasteiger partial charge in [-0.1, -0.05) is 6.07 Å². The van der Waals surface area contributed by atoms with Gasteiger partial charge in [-0.25, -0.2) is 0 Å². The van der Waals surface area contributed by atoms with Crippen LogP contribution in [0.15, 0.2) is 22.7 Å². The second-order valence-corrected chi connectivity index (χ2v) is 6.33. The summed E-state index contributed by atoms with van der Waals surface area (Å²) < 4.78 is 6.19. The first-order valence-corrected chi connectivity index (χ1v) is 7.57. The Hall–Kier alpha value is -0.980. The van der Waals surface area contributed by atoms with E-state index in [1.165, 1.54) is 5.56 Å². The lowest BCUT2D eigenvalue weighted by Gasteiger charge is -2.14. The number of rotatable bonds is 5. The maximum atomic E-state index is 5.23. The molecule has 2 rings (SSSR count). The van der Waals surface area contributed by atoms with Gasteiger partial charge in [0.1, 0.15) is 15.8 Å². The number of ether oxygens (including phenoxy) is 1. The lowest BCUT2D eigenvalue weighted by Crippen LogP contribution is -2.18. The maximum Gasteiger partial charge on any atom is 0.133 e. The molecule has 0 saturated heterocycles. The molecule has 0 fully saturated rings. The van der Waals surface area contributed by atoms with Gasteiger partial charge in [-0.2, -0.15) is 0 Å². The predicted octanol–water partition coefficient (Wildman–Crippen LogP) is 3.47. The highest BCUT2D eigenvalue weighted by Gasteiger charge is 2.09. The Kier molecular flexibility index (Phi) is 4.90. The zero-order valence-corrected chi connectivity index (χ0v) is 13.5. The minimum Gasteiger partial charge on any atom is -0.496 e. The van der Waals surface area contributed by atoms with Crippen molar-refractivity contribution in [2.24, 2.45) is 0 Å². The van der Waals surface area contributed by atoms with Crippen LogP contribution in [0, 0.1) is 6.92 Å². The first kappa shape index (κ1) is 14.4. The van der Waals surface area contributed by atoms with Gasteiger partial charge in [-0.05, 0) is 47.5 Å². The van der Waals surface area contributed by atoms with Gasteiger partial charge in [-0.3, -0.25) is 0 Å². The largest absolute Gasteiger partial charge is 0.496 e. The van der Waals surface area contributed by atoms with Gasteiger partial charge in [0.05, 0.1) is 18.1 Å². The van der Waals surface area contributed by atoms with E-state index in [0.717, 1.165) is 26.8 Å². The monoisotopic (exact) mass is 341 g/mol. The molecule has 0 aliphatic heterocycles. The highest BCUT2D eigenvalue weighted by Crippen LogP contribution is 2.28. The van der Waals surface area contributed by atoms with Gasteiger partial charge in [-0.15, -0.1) is 21.5 Å². The summed E-state index contributed by atoms with van der Waals surface area (Å²) in [5.74, 6) is 0.843. The van der Waals surface area contributed by atoms with E-state index in [4.69, 9.17) is 4.74 Å². The third-order valence-corrected chi connectivity index (χ3v) is 4.26. The molecular weight excluding hydrogens is 326 g/mol. The van der Waals surface area contributed by atoms with Crippen LogP contribution in [-0.2, 0) is 6.54 Å². The Balaban J connectivity index is 1.99. The summed E-state index contributed by atoms with van der Waals surface area (Å²) in [6.07, 6.45) is 0. The van der Waals surface area contributed by atoms with Gasteiger partial charge in [0.25, 0.3) is 0 Å². The smallest absolute Gasteiger partial charge is 0.133 e. The number of aromatic nitrogens is 2. The quantitative estimate of drug-likeness (QED) is 0.904. The van der Waals surface area contributed by atoms with E-state index in [0.29, 0.717) is 0 Å². The minimum absolute atomic E-state index is 0.242. The number of hydrogen-bond donors (Lipinski definition) is 1. The fraction of sp³-hybridized carbons (Fsp3) is 0.385. The van der Waals surface area contributed by atoms with Crippen molar-refractivity contribution in [2.45, 2.75) is 26.4 Å². The van der Waals surface area contributed by atoms with Gasteiger partial charge < -0.3 is 10.1 Å². The fourth-order valence-corrected chi connectivity index (χ4v) is 2.94. The van der Waals surface area contributed by atoms with Crippen LogP contribution in [0.25, 0.3) is 0 Å². The van der Waals surface area contributed by atoms with Crippen molar-refractivity contribution in [3.05, 3.63) is 38.3 Å². The predicted molar refractivity (Wildman–Crippen MR) is 80.6 cm³/mol. The summed E-state index contributed by atoms with van der Waals surface area (Å²) in [7, 11) is 1.67. The van der Waals surface area contributed by atoms with Crippen molar-refractivity contribution in [3.8, 4) is 5.75 Å². The van der Waals surface area contributed by atoms with Crippen LogP contribution in [0.4, 0.5) is 0 Å². The molecule has 0 amide bonds. The minimum atomic E-state index is 0.242. The zero-order chi connectivity index (χ0) is 13.8. The molecule has 1 aromatic carbocycles. The van der Waals surface area contributed by atoms with E-state index >= 15 is 0 Å². The SMILES string of the molecule is COc1ccc(C(C)NCc2nnc(C)s2)cc1Br. The van der Waals surface area contributed by atoms with Crippen LogP contribution in [0.2, 0.25) is 0 Å². The van der Waals surface area contributed by atoms with Crippen molar-refractivity contribution in [1.29, 1.82) is 0 Å². The van der Waals surface area contributed by atoms with Gasteiger partial charge in [0.15, 0.2) is 0 Å². The topological polar surface area (TPSA) is 47.0 Å². The first-order valence-electron chi connectivity index (χ1n) is 5.96. The van der Waals surface area contributed by atoms with Crippen LogP contribution in [0.5, 0.6) is 5.75 Å². The molecule has 102 valence electrons. The molecule has 2 aromatic rings. The van der Waals surface area contributed by atoms with E-state index in [2.05, 4.69) is 50.5 Å². The molecule has 4 nitrogen and oxygen atoms in total. The molecule has 19 heavy (non-hydrogen) atoms. The van der Waals surface area contributed by atoms with Crippen molar-refractivity contribution in [3.63, 3.8) is 0 Å². The summed E-state index contributed by atoms with van der Waals surface area (Å²) in [6.45, 7) is 4.82. The summed E-state index contributed by atoms with van der Waals surface area (Å²) in [5.41, 5.74) is 1.20. The summed E-state index contributed by atoms with van der Waals surface area (Å²) >= 11 is 5.12. The zero-order valence-electron chi connectivity index (χ0n) is 11.1. The molecule has 1 N–H and O–H groups in total. The standard InChI is InChI=1S/C13H16BrN3OS/c1-8(15-7-13-17-16-9(2)19-13)10-4-5-12(18-3)11(14)6-10/h4-6,8,15H,7H2,1-3H3. The molecule has 1 heterocycles. The van der Waals surface area contributed by atoms with Crippen molar-refractivity contribution in [1.82, 2.24) is 15.5 Å². The van der Waals surface area contributed by atoms with Crippen molar-refractivity contribution in [2.75, 3.05) is 7.11 Å². The van der Waals surface area contributed by atoms with E-state index in [9.17, 15) is 0 Å². The molecule has 1 atom stereocenters. The van der Waals surface area contributed by atoms with Crippen molar-refractivity contribution >= 4 is 27.3 Å². The van der Waals surface area contributed by atoms with E-state index in [1.54, 1.807) is 18.4 Å². The van der Waals surface area contributed by atoms with Crippen LogP contribution in [0.3, 0.4) is 0 Å². The molecular formula is C13H16BrN3OS. The summed E-state index contributed by atoms with van der Waals surface area (Å²) in [4.78, 5) is 0. The van der Waals surface area contributed by atoms with Crippen molar-refractivity contribution < 1.29 is 4.74 Å². The lowest BCUT2D eigenvalue weighted by atomic mass is 10.1. The second kappa shape index (κ2) is 6.45. The number of aryl methyl sites for hydroxylation is 1. The molecule has 0 aliphatic carbocycles. The fourth-order valence-electron chi connectivity index (χ4n) is 1.72. The van der Waals surface area contributed by atoms with Gasteiger partial charge in [0, 0.05) is 6.04 Å². The van der Waals surface area contributed by atoms with Gasteiger partial charge in [0.2, 0.25) is 0 Å². The molecule has 1 unspecified atom stereocenters. The Morgan fingerprint density at radius 1 is 1.42 bits per heavy atom. The van der Waals surface area contributed by atoms with Crippen LogP contribution in [-0.4, -0.2) is 17.3 Å². The average molecular weight is 342 g/mol. The molecule has 0 radical (unpaired) electrons. The highest BCUT2D eigenvalue weighted by atomic mass is 79.9. The Morgan fingerprint density at radius 3 is 2.79 bits per heavy atom. The highest BCUT2D eigenvalue weighted by molar-refractivity contribution is 9.10. The normalized spacial score (nSPS) is 12.4. The molecule has 1 aromatic heterocycles. The first-order chi connectivity index (χ1) is 9.10. The Morgan fingerprint density at radius 2 is 2.21 bits per heavy atom. The third-order valence-electron chi connectivity index (χ3n) is 2.80. The number of benzene rings is 1. The Labute approximate surface area is 125 Å². The Bertz CT molecular complexity index is 559. The second-order valence-electron chi connectivity index (χ2n) is 4.21. The van der Waals surface area contributed by atoms with Gasteiger partial charge >= 0.3 is 0 Å². The van der Waals surface area contributed by atoms with E-state index in [-0.39, 0.29) is 6.04 Å². The van der Waals surface area contributed by atoms with Crippen LogP contribution in [0.1, 0.15) is 28.5 Å². The van der Waals surface area contributed by atoms with E-state index in [1.807, 2.05) is 13.0 Å². The average Bonchev–Trinajstić information content (AvgIpc) is 2.81. The number of halogens is 1. The summed E-state index contributed by atoms with van der Waals surface area (Å²) in [5, 5.41) is 13.6. The number of methoxy groups -OCH3 is 1. The molecule has 0 bridgehead atoms. The van der Waals surface area contributed by atoms with Crippen LogP contribution >= 0.6 is 27.3 Å². The molecule has 6 heteroatoms. The lowest BCUT2D eigenvalue weighted by molar-refractivity contribution is 0.411. The third kappa shape index (κ3) is 3.75. The van der Waals surface area contributed by atoms with E-state index < -0.39 is 0 Å². The summed E-state index contributed by atoms with van der Waals surface area (Å²) in [6, 6.07) is 6.34. The number of hydrogen-bond acceptors (Lipinski definition) is 5. The number of nitrogens with zero attached hydrogens (tertiary/aromatic N) is 2. The van der Waals surface area contributed by atoms with Crippen LogP contribution < -0.4 is 10.1 Å². The maximum absolute atomic E-state index is 5.23.